The van der Waals surface area contributed by atoms with Crippen molar-refractivity contribution in [1.29, 1.82) is 0 Å². The number of aromatic nitrogens is 3. The number of hydrogen-bond donors (Lipinski definition) is 2. The van der Waals surface area contributed by atoms with Crippen LogP contribution in [0.3, 0.4) is 0 Å². The summed E-state index contributed by atoms with van der Waals surface area (Å²) in [6.45, 7) is 1.90. The first kappa shape index (κ1) is 29.1. The first-order valence-electron chi connectivity index (χ1n) is 15.2. The lowest BCUT2D eigenvalue weighted by Crippen LogP contribution is -2.55. The van der Waals surface area contributed by atoms with Crippen LogP contribution in [-0.2, 0) is 4.74 Å². The van der Waals surface area contributed by atoms with Gasteiger partial charge in [0.05, 0.1) is 33.8 Å². The van der Waals surface area contributed by atoms with Crippen LogP contribution in [-0.4, -0.2) is 97.0 Å². The van der Waals surface area contributed by atoms with Crippen LogP contribution < -0.4 is 14.8 Å². The molecule has 2 bridgehead atoms. The lowest BCUT2D eigenvalue weighted by atomic mass is 9.95. The van der Waals surface area contributed by atoms with Crippen molar-refractivity contribution in [3.05, 3.63) is 58.5 Å². The number of carbonyl (C=O) groups is 2. The molecule has 0 radical (unpaired) electrons. The van der Waals surface area contributed by atoms with Gasteiger partial charge in [-0.3, -0.25) is 24.9 Å². The maximum absolute atomic E-state index is 12.4. The van der Waals surface area contributed by atoms with Crippen LogP contribution in [0.1, 0.15) is 50.3 Å². The van der Waals surface area contributed by atoms with Gasteiger partial charge in [0.1, 0.15) is 19.0 Å². The van der Waals surface area contributed by atoms with Crippen LogP contribution >= 0.6 is 0 Å². The van der Waals surface area contributed by atoms with Gasteiger partial charge in [-0.1, -0.05) is 0 Å². The van der Waals surface area contributed by atoms with Gasteiger partial charge < -0.3 is 24.6 Å². The number of pyridine rings is 1. The Balaban J connectivity index is 1.03. The van der Waals surface area contributed by atoms with Crippen molar-refractivity contribution < 1.29 is 33.8 Å². The third-order valence-electron chi connectivity index (χ3n) is 9.67. The predicted molar refractivity (Wildman–Crippen MR) is 157 cm³/mol. The highest BCUT2D eigenvalue weighted by molar-refractivity contribution is 5.81. The number of nitrogens with zero attached hydrogens (tertiary/aromatic N) is 6. The van der Waals surface area contributed by atoms with Crippen molar-refractivity contribution >= 4 is 28.8 Å². The number of piperazine rings is 1. The lowest BCUT2D eigenvalue weighted by Gasteiger charge is -2.39. The lowest BCUT2D eigenvalue weighted by molar-refractivity contribution is -0.384. The van der Waals surface area contributed by atoms with Crippen LogP contribution in [0.25, 0.3) is 10.9 Å². The molecule has 0 aliphatic carbocycles. The van der Waals surface area contributed by atoms with E-state index in [-0.39, 0.29) is 53.8 Å². The Bertz CT molecular complexity index is 1620. The molecule has 2 aromatic heterocycles. The number of amides is 1. The van der Waals surface area contributed by atoms with Gasteiger partial charge in [0.15, 0.2) is 0 Å². The summed E-state index contributed by atoms with van der Waals surface area (Å²) < 4.78 is 17.0. The summed E-state index contributed by atoms with van der Waals surface area (Å²) in [5.41, 5.74) is 1.01. The molecule has 1 amide bonds. The van der Waals surface area contributed by atoms with Crippen LogP contribution in [0.4, 0.5) is 15.3 Å². The van der Waals surface area contributed by atoms with E-state index in [1.807, 2.05) is 6.07 Å². The van der Waals surface area contributed by atoms with E-state index < -0.39 is 17.2 Å². The van der Waals surface area contributed by atoms with E-state index in [4.69, 9.17) is 19.2 Å². The van der Waals surface area contributed by atoms with Crippen molar-refractivity contribution in [2.24, 2.45) is 0 Å². The van der Waals surface area contributed by atoms with E-state index >= 15 is 0 Å². The fourth-order valence-corrected chi connectivity index (χ4v) is 7.60. The van der Waals surface area contributed by atoms with Crippen molar-refractivity contribution in [1.82, 2.24) is 30.1 Å². The molecule has 5 atom stereocenters. The number of rotatable bonds is 8. The van der Waals surface area contributed by atoms with E-state index in [1.165, 1.54) is 24.3 Å². The van der Waals surface area contributed by atoms with Gasteiger partial charge in [-0.15, -0.1) is 0 Å². The van der Waals surface area contributed by atoms with Gasteiger partial charge >= 0.3 is 18.3 Å². The minimum atomic E-state index is -0.915. The molecule has 1 aromatic carbocycles. The number of carbonyl (C=O) groups excluding carboxylic acids is 1. The summed E-state index contributed by atoms with van der Waals surface area (Å²) >= 11 is 0. The molecule has 4 fully saturated rings. The Labute approximate surface area is 257 Å². The molecule has 236 valence electrons. The number of fused-ring (bicyclic) bond motifs is 4. The Morgan fingerprint density at radius 3 is 2.78 bits per heavy atom. The standard InChI is InChI=1S/C30H33N7O8/c38-28(39)36-19-4-7-24(36)26(32-14-19)25-22-15-31-12-9-23(22)33-27(34-25)44-17-30-10-1-13-35(30)20(8-11-30)16-43-29(40)45-21-5-2-18(3-6-21)37(41)42/h2-3,5-6,9,12,15,19-20,24,26,32H,1,4,7-8,10-11,13-14,16-17H2,(H,38,39)/t19?,20-,24?,26?,30-/m0/s1. The number of nitrogens with one attached hydrogen (secondary N) is 1. The fraction of sp³-hybridized carbons (Fsp3) is 0.500. The first-order chi connectivity index (χ1) is 21.8. The molecule has 45 heavy (non-hydrogen) atoms. The second kappa shape index (κ2) is 11.7. The molecule has 0 saturated carbocycles. The van der Waals surface area contributed by atoms with Gasteiger partial charge in [0.25, 0.3) is 5.69 Å². The molecular weight excluding hydrogens is 586 g/mol. The van der Waals surface area contributed by atoms with E-state index in [1.54, 1.807) is 17.3 Å². The molecule has 0 spiro atoms. The van der Waals surface area contributed by atoms with Crippen molar-refractivity contribution in [2.45, 2.75) is 68.2 Å². The maximum Gasteiger partial charge on any atom is 0.513 e. The SMILES string of the molecule is O=C(OC[C@@H]1CC[C@]2(COc3nc(C4NCC5CCC4N5C(=O)O)c4cnccc4n3)CCCN12)Oc1ccc([N+](=O)[O-])cc1. The summed E-state index contributed by atoms with van der Waals surface area (Å²) in [5, 5.41) is 25.0. The molecule has 2 N–H and O–H groups in total. The van der Waals surface area contributed by atoms with E-state index in [0.29, 0.717) is 24.4 Å². The fourth-order valence-electron chi connectivity index (χ4n) is 7.60. The van der Waals surface area contributed by atoms with Gasteiger partial charge in [0.2, 0.25) is 0 Å². The number of carboxylic acid groups (broad SMARTS) is 1. The van der Waals surface area contributed by atoms with E-state index in [0.717, 1.165) is 50.5 Å². The topological polar surface area (TPSA) is 182 Å². The molecule has 15 nitrogen and oxygen atoms in total. The van der Waals surface area contributed by atoms with Crippen LogP contribution in [0.5, 0.6) is 11.8 Å². The molecule has 4 aliphatic rings. The number of non-ortho nitro benzene ring substituents is 1. The molecule has 4 aliphatic heterocycles. The number of nitro groups is 1. The van der Waals surface area contributed by atoms with E-state index in [9.17, 15) is 24.8 Å². The summed E-state index contributed by atoms with van der Waals surface area (Å²) in [4.78, 5) is 52.5. The molecular formula is C30H33N7O8. The van der Waals surface area contributed by atoms with Gasteiger partial charge in [-0.25, -0.2) is 9.59 Å². The quantitative estimate of drug-likeness (QED) is 0.161. The Kier molecular flexibility index (Phi) is 7.57. The Morgan fingerprint density at radius 2 is 1.98 bits per heavy atom. The second-order valence-corrected chi connectivity index (χ2v) is 12.1. The minimum absolute atomic E-state index is 0.0107. The monoisotopic (exact) mass is 619 g/mol. The molecule has 4 saturated heterocycles. The Hall–Kier alpha value is -4.63. The molecule has 3 unspecified atom stereocenters. The minimum Gasteiger partial charge on any atom is -0.465 e. The van der Waals surface area contributed by atoms with E-state index in [2.05, 4.69) is 20.2 Å². The Morgan fingerprint density at radius 1 is 1.13 bits per heavy atom. The third kappa shape index (κ3) is 5.46. The van der Waals surface area contributed by atoms with Gasteiger partial charge in [-0.05, 0) is 63.3 Å². The third-order valence-corrected chi connectivity index (χ3v) is 9.67. The zero-order valence-electron chi connectivity index (χ0n) is 24.4. The molecule has 15 heteroatoms. The smallest absolute Gasteiger partial charge is 0.465 e. The van der Waals surface area contributed by atoms with Crippen molar-refractivity contribution in [2.75, 3.05) is 26.3 Å². The number of nitro benzene ring substituents is 1. The van der Waals surface area contributed by atoms with Crippen LogP contribution in [0.2, 0.25) is 0 Å². The first-order valence-corrected chi connectivity index (χ1v) is 15.2. The zero-order valence-corrected chi connectivity index (χ0v) is 24.4. The molecule has 7 rings (SSSR count). The van der Waals surface area contributed by atoms with Crippen molar-refractivity contribution in [3.63, 3.8) is 0 Å². The summed E-state index contributed by atoms with van der Waals surface area (Å²) in [6.07, 6.45) is 6.71. The predicted octanol–water partition coefficient (Wildman–Crippen LogP) is 3.68. The molecule has 6 heterocycles. The highest BCUT2D eigenvalue weighted by Crippen LogP contribution is 2.43. The zero-order chi connectivity index (χ0) is 31.1. The average Bonchev–Trinajstić information content (AvgIpc) is 3.70. The second-order valence-electron chi connectivity index (χ2n) is 12.1. The summed E-state index contributed by atoms with van der Waals surface area (Å²) in [7, 11) is 0. The van der Waals surface area contributed by atoms with Crippen molar-refractivity contribution in [3.8, 4) is 11.8 Å². The van der Waals surface area contributed by atoms with Crippen LogP contribution in [0.15, 0.2) is 42.7 Å². The molecule has 3 aromatic rings. The normalized spacial score (nSPS) is 27.3. The highest BCUT2D eigenvalue weighted by atomic mass is 16.7. The average molecular weight is 620 g/mol. The largest absolute Gasteiger partial charge is 0.513 e. The number of benzene rings is 1. The maximum atomic E-state index is 12.4. The van der Waals surface area contributed by atoms with Gasteiger partial charge in [0, 0.05) is 48.5 Å². The summed E-state index contributed by atoms with van der Waals surface area (Å²) in [5.74, 6) is 0.165. The summed E-state index contributed by atoms with van der Waals surface area (Å²) in [6, 6.07) is 6.68. The highest BCUT2D eigenvalue weighted by Gasteiger charge is 2.50. The number of hydrogen-bond acceptors (Lipinski definition) is 12. The number of ether oxygens (including phenoxy) is 3. The van der Waals surface area contributed by atoms with Gasteiger partial charge in [-0.2, -0.15) is 9.97 Å². The van der Waals surface area contributed by atoms with Crippen LogP contribution in [0, 0.1) is 10.1 Å².